The van der Waals surface area contributed by atoms with Crippen molar-refractivity contribution < 1.29 is 14.4 Å². The summed E-state index contributed by atoms with van der Waals surface area (Å²) in [5, 5.41) is 5.48. The molecule has 0 spiro atoms. The Labute approximate surface area is 159 Å². The van der Waals surface area contributed by atoms with E-state index in [2.05, 4.69) is 24.5 Å². The topological polar surface area (TPSA) is 78.5 Å². The van der Waals surface area contributed by atoms with Gasteiger partial charge in [-0.2, -0.15) is 0 Å². The zero-order valence-electron chi connectivity index (χ0n) is 16.1. The van der Waals surface area contributed by atoms with Gasteiger partial charge in [0.15, 0.2) is 0 Å². The lowest BCUT2D eigenvalue weighted by molar-refractivity contribution is -0.120. The number of amides is 3. The van der Waals surface area contributed by atoms with Crippen LogP contribution in [0.15, 0.2) is 48.5 Å². The van der Waals surface area contributed by atoms with Crippen molar-refractivity contribution in [2.24, 2.45) is 0 Å². The third-order valence-corrected chi connectivity index (χ3v) is 4.02. The molecular formula is C21H25N3O3. The molecular weight excluding hydrogens is 342 g/mol. The third kappa shape index (κ3) is 5.95. The standard InChI is InChI=1S/C21H25N3O3/c1-14(2)17-8-10-18(11-9-17)23-21(27)13-24(16(4)26)20-7-5-6-19(12-20)22-15(3)25/h5-12,14H,13H2,1-4H3,(H,22,25)(H,23,27). The molecule has 0 aromatic heterocycles. The Hall–Kier alpha value is -3.15. The number of nitrogens with one attached hydrogen (secondary N) is 2. The van der Waals surface area contributed by atoms with Crippen LogP contribution in [0.4, 0.5) is 17.1 Å². The largest absolute Gasteiger partial charge is 0.326 e. The fourth-order valence-electron chi connectivity index (χ4n) is 2.63. The second kappa shape index (κ2) is 8.98. The zero-order valence-corrected chi connectivity index (χ0v) is 16.1. The summed E-state index contributed by atoms with van der Waals surface area (Å²) < 4.78 is 0. The molecule has 0 saturated carbocycles. The van der Waals surface area contributed by atoms with Crippen LogP contribution in [0.5, 0.6) is 0 Å². The lowest BCUT2D eigenvalue weighted by atomic mass is 10.0. The summed E-state index contributed by atoms with van der Waals surface area (Å²) in [7, 11) is 0. The van der Waals surface area contributed by atoms with Crippen LogP contribution >= 0.6 is 0 Å². The molecule has 0 atom stereocenters. The summed E-state index contributed by atoms with van der Waals surface area (Å²) in [5.41, 5.74) is 2.98. The number of nitrogens with zero attached hydrogens (tertiary/aromatic N) is 1. The van der Waals surface area contributed by atoms with Crippen LogP contribution in [-0.4, -0.2) is 24.3 Å². The number of anilines is 3. The average Bonchev–Trinajstić information content (AvgIpc) is 2.59. The Balaban J connectivity index is 2.10. The van der Waals surface area contributed by atoms with E-state index in [0.29, 0.717) is 23.0 Å². The summed E-state index contributed by atoms with van der Waals surface area (Å²) in [6, 6.07) is 14.5. The first-order valence-corrected chi connectivity index (χ1v) is 8.82. The van der Waals surface area contributed by atoms with Crippen LogP contribution in [0.25, 0.3) is 0 Å². The molecule has 0 heterocycles. The zero-order chi connectivity index (χ0) is 20.0. The van der Waals surface area contributed by atoms with Gasteiger partial charge in [0.25, 0.3) is 0 Å². The molecule has 0 radical (unpaired) electrons. The highest BCUT2D eigenvalue weighted by Crippen LogP contribution is 2.21. The van der Waals surface area contributed by atoms with Crippen LogP contribution in [0.2, 0.25) is 0 Å². The van der Waals surface area contributed by atoms with Gasteiger partial charge in [-0.05, 0) is 41.8 Å². The Morgan fingerprint density at radius 2 is 1.59 bits per heavy atom. The van der Waals surface area contributed by atoms with Crippen molar-refractivity contribution in [1.82, 2.24) is 0 Å². The van der Waals surface area contributed by atoms with Gasteiger partial charge in [0.2, 0.25) is 17.7 Å². The fraction of sp³-hybridized carbons (Fsp3) is 0.286. The normalized spacial score (nSPS) is 10.4. The minimum atomic E-state index is -0.299. The molecule has 0 fully saturated rings. The molecule has 3 amide bonds. The number of carbonyl (C=O) groups excluding carboxylic acids is 3. The van der Waals surface area contributed by atoms with E-state index in [1.807, 2.05) is 24.3 Å². The Morgan fingerprint density at radius 1 is 0.926 bits per heavy atom. The van der Waals surface area contributed by atoms with Gasteiger partial charge in [-0.15, -0.1) is 0 Å². The van der Waals surface area contributed by atoms with Gasteiger partial charge in [-0.1, -0.05) is 32.0 Å². The maximum absolute atomic E-state index is 12.4. The molecule has 2 rings (SSSR count). The second-order valence-corrected chi connectivity index (χ2v) is 6.66. The Kier molecular flexibility index (Phi) is 6.71. The van der Waals surface area contributed by atoms with Gasteiger partial charge in [-0.25, -0.2) is 0 Å². The molecule has 6 heteroatoms. The summed E-state index contributed by atoms with van der Waals surface area (Å²) in [6.45, 7) is 6.90. The summed E-state index contributed by atoms with van der Waals surface area (Å²) in [4.78, 5) is 37.0. The van der Waals surface area contributed by atoms with E-state index >= 15 is 0 Å². The predicted octanol–water partition coefficient (Wildman–Crippen LogP) is 3.76. The molecule has 2 aromatic rings. The van der Waals surface area contributed by atoms with Crippen LogP contribution in [0, 0.1) is 0 Å². The number of hydrogen-bond acceptors (Lipinski definition) is 3. The maximum atomic E-state index is 12.4. The monoisotopic (exact) mass is 367 g/mol. The fourth-order valence-corrected chi connectivity index (χ4v) is 2.63. The number of benzene rings is 2. The van der Waals surface area contributed by atoms with Crippen molar-refractivity contribution in [3.8, 4) is 0 Å². The first-order valence-electron chi connectivity index (χ1n) is 8.82. The third-order valence-electron chi connectivity index (χ3n) is 4.02. The molecule has 2 aromatic carbocycles. The molecule has 0 unspecified atom stereocenters. The molecule has 6 nitrogen and oxygen atoms in total. The number of carbonyl (C=O) groups is 3. The van der Waals surface area contributed by atoms with Gasteiger partial charge < -0.3 is 15.5 Å². The summed E-state index contributed by atoms with van der Waals surface area (Å²) in [6.07, 6.45) is 0. The first-order chi connectivity index (χ1) is 12.8. The number of rotatable bonds is 6. The maximum Gasteiger partial charge on any atom is 0.244 e. The highest BCUT2D eigenvalue weighted by Gasteiger charge is 2.16. The molecule has 142 valence electrons. The van der Waals surface area contributed by atoms with E-state index < -0.39 is 0 Å². The van der Waals surface area contributed by atoms with E-state index in [1.165, 1.54) is 24.3 Å². The van der Waals surface area contributed by atoms with Gasteiger partial charge in [0.1, 0.15) is 6.54 Å². The van der Waals surface area contributed by atoms with Gasteiger partial charge in [-0.3, -0.25) is 14.4 Å². The Bertz CT molecular complexity index is 829. The minimum Gasteiger partial charge on any atom is -0.326 e. The average molecular weight is 367 g/mol. The van der Waals surface area contributed by atoms with Gasteiger partial charge in [0, 0.05) is 30.9 Å². The lowest BCUT2D eigenvalue weighted by Crippen LogP contribution is -2.36. The molecule has 27 heavy (non-hydrogen) atoms. The van der Waals surface area contributed by atoms with E-state index in [0.717, 1.165) is 0 Å². The van der Waals surface area contributed by atoms with Crippen LogP contribution in [0.1, 0.15) is 39.2 Å². The molecule has 2 N–H and O–H groups in total. The van der Waals surface area contributed by atoms with Crippen molar-refractivity contribution in [3.63, 3.8) is 0 Å². The van der Waals surface area contributed by atoms with Gasteiger partial charge >= 0.3 is 0 Å². The minimum absolute atomic E-state index is 0.120. The Morgan fingerprint density at radius 3 is 2.15 bits per heavy atom. The second-order valence-electron chi connectivity index (χ2n) is 6.66. The van der Waals surface area contributed by atoms with Crippen LogP contribution < -0.4 is 15.5 Å². The SMILES string of the molecule is CC(=O)Nc1cccc(N(CC(=O)Nc2ccc(C(C)C)cc2)C(C)=O)c1. The van der Waals surface area contributed by atoms with E-state index in [4.69, 9.17) is 0 Å². The molecule has 0 aliphatic rings. The van der Waals surface area contributed by atoms with Crippen LogP contribution in [0.3, 0.4) is 0 Å². The van der Waals surface area contributed by atoms with Gasteiger partial charge in [0.05, 0.1) is 0 Å². The van der Waals surface area contributed by atoms with E-state index in [9.17, 15) is 14.4 Å². The van der Waals surface area contributed by atoms with Crippen molar-refractivity contribution in [2.75, 3.05) is 22.1 Å². The van der Waals surface area contributed by atoms with E-state index in [1.54, 1.807) is 24.3 Å². The molecule has 0 bridgehead atoms. The molecule has 0 aliphatic heterocycles. The van der Waals surface area contributed by atoms with E-state index in [-0.39, 0.29) is 24.3 Å². The van der Waals surface area contributed by atoms with Crippen molar-refractivity contribution in [3.05, 3.63) is 54.1 Å². The summed E-state index contributed by atoms with van der Waals surface area (Å²) in [5.74, 6) is -0.351. The predicted molar refractivity (Wildman–Crippen MR) is 108 cm³/mol. The van der Waals surface area contributed by atoms with Crippen molar-refractivity contribution in [1.29, 1.82) is 0 Å². The summed E-state index contributed by atoms with van der Waals surface area (Å²) >= 11 is 0. The smallest absolute Gasteiger partial charge is 0.244 e. The highest BCUT2D eigenvalue weighted by atomic mass is 16.2. The quantitative estimate of drug-likeness (QED) is 0.816. The molecule has 0 aliphatic carbocycles. The van der Waals surface area contributed by atoms with Crippen molar-refractivity contribution >= 4 is 34.8 Å². The number of hydrogen-bond donors (Lipinski definition) is 2. The highest BCUT2D eigenvalue weighted by molar-refractivity contribution is 6.02. The van der Waals surface area contributed by atoms with Crippen molar-refractivity contribution in [2.45, 2.75) is 33.6 Å². The lowest BCUT2D eigenvalue weighted by Gasteiger charge is -2.21. The molecule has 0 saturated heterocycles. The first kappa shape index (κ1) is 20.2. The van der Waals surface area contributed by atoms with Crippen LogP contribution in [-0.2, 0) is 14.4 Å².